The zero-order chi connectivity index (χ0) is 18.8. The summed E-state index contributed by atoms with van der Waals surface area (Å²) in [6, 6.07) is 19.6. The molecule has 0 N–H and O–H groups in total. The minimum atomic E-state index is -0.980. The highest BCUT2D eigenvalue weighted by Gasteiger charge is 2.53. The van der Waals surface area contributed by atoms with E-state index in [2.05, 4.69) is 22.6 Å². The van der Waals surface area contributed by atoms with E-state index in [-0.39, 0.29) is 5.97 Å². The van der Waals surface area contributed by atoms with E-state index in [0.29, 0.717) is 11.3 Å². The van der Waals surface area contributed by atoms with Gasteiger partial charge in [0.2, 0.25) is 0 Å². The predicted octanol–water partition coefficient (Wildman–Crippen LogP) is 4.93. The number of benzene rings is 3. The average Bonchev–Trinajstić information content (AvgIpc) is 2.95. The fraction of sp³-hybridized carbons (Fsp3) is 0.136. The van der Waals surface area contributed by atoms with Gasteiger partial charge in [-0.05, 0) is 59.0 Å². The fourth-order valence-electron chi connectivity index (χ4n) is 3.92. The Morgan fingerprint density at radius 2 is 1.59 bits per heavy atom. The van der Waals surface area contributed by atoms with Crippen LogP contribution >= 0.6 is 22.6 Å². The molecule has 0 aromatic heterocycles. The lowest BCUT2D eigenvalue weighted by Crippen LogP contribution is -2.33. The summed E-state index contributed by atoms with van der Waals surface area (Å²) in [4.78, 5) is 14.8. The van der Waals surface area contributed by atoms with E-state index < -0.39 is 5.60 Å². The molecule has 5 rings (SSSR count). The number of carbonyl (C=O) groups excluding carboxylic acids is 1. The summed E-state index contributed by atoms with van der Waals surface area (Å²) in [5, 5.41) is 0. The Bertz CT molecular complexity index is 1110. The molecule has 0 radical (unpaired) electrons. The van der Waals surface area contributed by atoms with Crippen LogP contribution in [0.25, 0.3) is 0 Å². The number of nitrogens with zero attached hydrogens (tertiary/aromatic N) is 1. The molecule has 0 saturated carbocycles. The predicted molar refractivity (Wildman–Crippen MR) is 112 cm³/mol. The van der Waals surface area contributed by atoms with Gasteiger partial charge in [0.25, 0.3) is 0 Å². The van der Waals surface area contributed by atoms with Gasteiger partial charge in [-0.3, -0.25) is 0 Å². The molecule has 3 aromatic carbocycles. The van der Waals surface area contributed by atoms with Crippen molar-refractivity contribution in [1.29, 1.82) is 0 Å². The van der Waals surface area contributed by atoms with Gasteiger partial charge in [-0.2, -0.15) is 0 Å². The number of hydrogen-bond donors (Lipinski definition) is 0. The van der Waals surface area contributed by atoms with Crippen LogP contribution in [0.2, 0.25) is 0 Å². The number of fused-ring (bicyclic) bond motifs is 6. The molecule has 2 aliphatic rings. The molecule has 3 aromatic rings. The second-order valence-electron chi connectivity index (χ2n) is 6.93. The van der Waals surface area contributed by atoms with Crippen LogP contribution < -0.4 is 9.64 Å². The maximum atomic E-state index is 12.7. The second kappa shape index (κ2) is 5.73. The molecule has 1 atom stereocenters. The van der Waals surface area contributed by atoms with E-state index in [1.54, 1.807) is 0 Å². The van der Waals surface area contributed by atoms with Crippen LogP contribution in [-0.2, 0) is 10.3 Å². The first-order valence-electron chi connectivity index (χ1n) is 8.63. The summed E-state index contributed by atoms with van der Waals surface area (Å²) in [7, 11) is 3.98. The zero-order valence-corrected chi connectivity index (χ0v) is 17.0. The summed E-state index contributed by atoms with van der Waals surface area (Å²) in [6.07, 6.45) is 0. The minimum Gasteiger partial charge on any atom is -0.456 e. The molecule has 27 heavy (non-hydrogen) atoms. The minimum absolute atomic E-state index is 0.306. The molecule has 5 heteroatoms. The van der Waals surface area contributed by atoms with Crippen molar-refractivity contribution in [2.75, 3.05) is 19.0 Å². The van der Waals surface area contributed by atoms with E-state index in [4.69, 9.17) is 9.47 Å². The number of anilines is 1. The number of hydrogen-bond acceptors (Lipinski definition) is 4. The molecule has 0 aliphatic carbocycles. The van der Waals surface area contributed by atoms with Gasteiger partial charge in [-0.25, -0.2) is 4.79 Å². The zero-order valence-electron chi connectivity index (χ0n) is 14.8. The SMILES string of the molecule is CN(C)c1ccc2c(c1)Oc1cc(I)ccc1C21OC(=O)c2ccccc21. The van der Waals surface area contributed by atoms with E-state index in [1.807, 2.05) is 79.7 Å². The number of halogens is 1. The van der Waals surface area contributed by atoms with Crippen LogP contribution in [0.5, 0.6) is 11.5 Å². The summed E-state index contributed by atoms with van der Waals surface area (Å²) < 4.78 is 13.4. The standard InChI is InChI=1S/C22H16INO3/c1-24(2)14-8-10-18-20(12-14)26-19-11-13(23)7-9-17(19)22(18)16-6-4-3-5-15(16)21(25)27-22/h3-12H,1-2H3. The Balaban J connectivity index is 1.86. The van der Waals surface area contributed by atoms with Gasteiger partial charge in [0.05, 0.1) is 5.56 Å². The molecule has 4 nitrogen and oxygen atoms in total. The largest absolute Gasteiger partial charge is 0.456 e. The lowest BCUT2D eigenvalue weighted by atomic mass is 9.77. The maximum absolute atomic E-state index is 12.7. The van der Waals surface area contributed by atoms with Crippen molar-refractivity contribution in [3.05, 3.63) is 86.5 Å². The van der Waals surface area contributed by atoms with Gasteiger partial charge in [0.15, 0.2) is 5.60 Å². The maximum Gasteiger partial charge on any atom is 0.340 e. The first-order valence-corrected chi connectivity index (χ1v) is 9.71. The van der Waals surface area contributed by atoms with E-state index >= 15 is 0 Å². The third-order valence-corrected chi connectivity index (χ3v) is 5.85. The number of rotatable bonds is 1. The highest BCUT2D eigenvalue weighted by molar-refractivity contribution is 14.1. The molecule has 2 aliphatic heterocycles. The molecule has 0 fully saturated rings. The molecule has 0 saturated heterocycles. The Labute approximate surface area is 170 Å². The van der Waals surface area contributed by atoms with Gasteiger partial charge in [0, 0.05) is 46.1 Å². The molecule has 134 valence electrons. The summed E-state index contributed by atoms with van der Waals surface area (Å²) >= 11 is 2.26. The third kappa shape index (κ3) is 2.24. The van der Waals surface area contributed by atoms with Crippen molar-refractivity contribution in [1.82, 2.24) is 0 Å². The Morgan fingerprint density at radius 1 is 0.889 bits per heavy atom. The van der Waals surface area contributed by atoms with Crippen LogP contribution in [0, 0.1) is 3.57 Å². The molecule has 0 amide bonds. The van der Waals surface area contributed by atoms with Crippen LogP contribution in [0.4, 0.5) is 5.69 Å². The van der Waals surface area contributed by atoms with Crippen molar-refractivity contribution in [2.24, 2.45) is 0 Å². The van der Waals surface area contributed by atoms with Crippen LogP contribution in [-0.4, -0.2) is 20.1 Å². The van der Waals surface area contributed by atoms with Gasteiger partial charge < -0.3 is 14.4 Å². The second-order valence-corrected chi connectivity index (χ2v) is 8.18. The van der Waals surface area contributed by atoms with E-state index in [1.165, 1.54) is 0 Å². The molecule has 1 spiro atoms. The van der Waals surface area contributed by atoms with Crippen LogP contribution in [0.3, 0.4) is 0 Å². The number of esters is 1. The van der Waals surface area contributed by atoms with Crippen molar-refractivity contribution in [2.45, 2.75) is 5.60 Å². The van der Waals surface area contributed by atoms with Crippen LogP contribution in [0.15, 0.2) is 60.7 Å². The number of ether oxygens (including phenoxy) is 2. The van der Waals surface area contributed by atoms with Gasteiger partial charge >= 0.3 is 5.97 Å². The first-order chi connectivity index (χ1) is 13.0. The van der Waals surface area contributed by atoms with Crippen molar-refractivity contribution in [3.63, 3.8) is 0 Å². The quantitative estimate of drug-likeness (QED) is 0.375. The summed E-state index contributed by atoms with van der Waals surface area (Å²) in [5.41, 5.74) is 3.21. The van der Waals surface area contributed by atoms with Gasteiger partial charge in [0.1, 0.15) is 11.5 Å². The van der Waals surface area contributed by atoms with Gasteiger partial charge in [-0.15, -0.1) is 0 Å². The van der Waals surface area contributed by atoms with E-state index in [9.17, 15) is 4.79 Å². The smallest absolute Gasteiger partial charge is 0.340 e. The Kier molecular flexibility index (Phi) is 3.53. The average molecular weight is 469 g/mol. The van der Waals surface area contributed by atoms with E-state index in [0.717, 1.165) is 31.7 Å². The molecule has 0 bridgehead atoms. The van der Waals surface area contributed by atoms with Gasteiger partial charge in [-0.1, -0.05) is 18.2 Å². The summed E-state index contributed by atoms with van der Waals surface area (Å²) in [6.45, 7) is 0. The lowest BCUT2D eigenvalue weighted by molar-refractivity contribution is 0.0224. The highest BCUT2D eigenvalue weighted by atomic mass is 127. The molecular weight excluding hydrogens is 453 g/mol. The fourth-order valence-corrected chi connectivity index (χ4v) is 4.38. The first kappa shape index (κ1) is 16.6. The Morgan fingerprint density at radius 3 is 2.37 bits per heavy atom. The van der Waals surface area contributed by atoms with Crippen molar-refractivity contribution >= 4 is 34.2 Å². The van der Waals surface area contributed by atoms with Crippen molar-refractivity contribution in [3.8, 4) is 11.5 Å². The topological polar surface area (TPSA) is 38.8 Å². The lowest BCUT2D eigenvalue weighted by Gasteiger charge is -2.37. The molecular formula is C22H16INO3. The third-order valence-electron chi connectivity index (χ3n) is 5.18. The molecule has 1 unspecified atom stereocenters. The highest BCUT2D eigenvalue weighted by Crippen LogP contribution is 2.56. The Hall–Kier alpha value is -2.54. The normalized spacial score (nSPS) is 19.0. The molecule has 2 heterocycles. The number of carbonyl (C=O) groups is 1. The summed E-state index contributed by atoms with van der Waals surface area (Å²) in [5.74, 6) is 1.12. The van der Waals surface area contributed by atoms with Crippen LogP contribution in [0.1, 0.15) is 27.0 Å². The monoisotopic (exact) mass is 469 g/mol. The van der Waals surface area contributed by atoms with Crippen molar-refractivity contribution < 1.29 is 14.3 Å².